The van der Waals surface area contributed by atoms with Crippen molar-refractivity contribution in [1.82, 2.24) is 5.09 Å². The number of nitrogens with one attached hydrogen (secondary N) is 1. The summed E-state index contributed by atoms with van der Waals surface area (Å²) in [6, 6.07) is 0. The topological polar surface area (TPSA) is 67.6 Å². The van der Waals surface area contributed by atoms with Gasteiger partial charge < -0.3 is 9.05 Å². The Bertz CT molecular complexity index is 449. The van der Waals surface area contributed by atoms with Gasteiger partial charge in [0.2, 0.25) is 0 Å². The van der Waals surface area contributed by atoms with Crippen molar-refractivity contribution in [2.75, 3.05) is 20.3 Å². The van der Waals surface area contributed by atoms with Gasteiger partial charge in [-0.25, -0.2) is 5.09 Å². The summed E-state index contributed by atoms with van der Waals surface area (Å²) in [5.41, 5.74) is 0. The molecule has 0 radical (unpaired) electrons. The van der Waals surface area contributed by atoms with Crippen molar-refractivity contribution in [2.45, 2.75) is 6.42 Å². The smallest absolute Gasteiger partial charge is 0.300 e. The van der Waals surface area contributed by atoms with Gasteiger partial charge in [0.1, 0.15) is 0 Å². The third-order valence-corrected chi connectivity index (χ3v) is 13.0. The Morgan fingerprint density at radius 3 is 2.56 bits per heavy atom. The number of hydrogen-bond acceptors (Lipinski definition) is 6. The first kappa shape index (κ1) is 13.9. The molecule has 0 amide bonds. The van der Waals surface area contributed by atoms with Gasteiger partial charge in [0.05, 0.1) is 6.61 Å². The predicted octanol–water partition coefficient (Wildman–Crippen LogP) is 5.21. The van der Waals surface area contributed by atoms with E-state index in [2.05, 4.69) is 18.6 Å². The van der Waals surface area contributed by atoms with Crippen molar-refractivity contribution in [2.24, 2.45) is 13.5 Å². The normalized spacial score (nSPS) is 42.0. The first-order valence-corrected chi connectivity index (χ1v) is 12.0. The van der Waals surface area contributed by atoms with E-state index in [0.717, 1.165) is 13.0 Å². The van der Waals surface area contributed by atoms with Crippen LogP contribution in [0.2, 0.25) is 0 Å². The van der Waals surface area contributed by atoms with Gasteiger partial charge >= 0.3 is 0 Å². The van der Waals surface area contributed by atoms with Crippen molar-refractivity contribution < 1.29 is 9.05 Å². The summed E-state index contributed by atoms with van der Waals surface area (Å²) in [5, 5.41) is 3.10. The third kappa shape index (κ3) is 3.06. The predicted molar refractivity (Wildman–Crippen MR) is 71.2 cm³/mol. The Morgan fingerprint density at radius 2 is 2.00 bits per heavy atom. The number of hydrogen-bond donors (Lipinski definition) is 1. The zero-order chi connectivity index (χ0) is 11.9. The highest BCUT2D eigenvalue weighted by Crippen LogP contribution is 2.83. The molecule has 1 fully saturated rings. The largest absolute Gasteiger partial charge is 0.319 e. The van der Waals surface area contributed by atoms with Gasteiger partial charge in [0.15, 0.2) is 0 Å². The molecule has 2 heterocycles. The zero-order valence-corrected chi connectivity index (χ0v) is 13.2. The van der Waals surface area contributed by atoms with Gasteiger partial charge in [-0.15, -0.1) is 0 Å². The lowest BCUT2D eigenvalue weighted by molar-refractivity contribution is 0.310. The molecule has 0 unspecified atom stereocenters. The van der Waals surface area contributed by atoms with Crippen molar-refractivity contribution >= 4 is 54.0 Å². The molecule has 12 heteroatoms. The van der Waals surface area contributed by atoms with E-state index in [1.807, 2.05) is 0 Å². The quantitative estimate of drug-likeness (QED) is 0.663. The standard InChI is InChI=1S/C4H10Cl3N4O2P3/c1-12-15(7)9-14(5,6)10-16(11-15)8-3-2-4-13-16/h8H,2-4H2,1H3/t15-,16-/m0/s1. The van der Waals surface area contributed by atoms with Crippen LogP contribution >= 0.6 is 54.0 Å². The van der Waals surface area contributed by atoms with E-state index < -0.39 is 20.3 Å². The molecule has 0 aromatic carbocycles. The molecule has 2 aliphatic heterocycles. The lowest BCUT2D eigenvalue weighted by Gasteiger charge is -2.30. The first-order chi connectivity index (χ1) is 7.39. The number of nitrogens with zero attached hydrogens (tertiary/aromatic N) is 3. The van der Waals surface area contributed by atoms with Gasteiger partial charge in [-0.1, -0.05) is 0 Å². The minimum absolute atomic E-state index is 0.558. The highest BCUT2D eigenvalue weighted by atomic mass is 35.9. The van der Waals surface area contributed by atoms with Crippen LogP contribution in [-0.4, -0.2) is 20.3 Å². The van der Waals surface area contributed by atoms with Crippen LogP contribution in [0.25, 0.3) is 0 Å². The van der Waals surface area contributed by atoms with Crippen LogP contribution < -0.4 is 5.09 Å². The molecule has 6 nitrogen and oxygen atoms in total. The van der Waals surface area contributed by atoms with Crippen LogP contribution in [0.3, 0.4) is 0 Å². The third-order valence-electron chi connectivity index (χ3n) is 1.82. The fraction of sp³-hybridized carbons (Fsp3) is 1.00. The molecular weight excluding hydrogens is 335 g/mol. The lowest BCUT2D eigenvalue weighted by atomic mass is 10.5. The Labute approximate surface area is 108 Å². The fourth-order valence-corrected chi connectivity index (χ4v) is 14.1. The minimum atomic E-state index is -2.85. The van der Waals surface area contributed by atoms with Crippen molar-refractivity contribution in [1.29, 1.82) is 0 Å². The molecule has 0 bridgehead atoms. The Morgan fingerprint density at radius 1 is 1.25 bits per heavy atom. The van der Waals surface area contributed by atoms with Crippen molar-refractivity contribution in [3.8, 4) is 0 Å². The summed E-state index contributed by atoms with van der Waals surface area (Å²) in [5.74, 6) is -2.85. The SMILES string of the molecule is CO[P@]1(Cl)=N[P@@]2(=NP(Cl)(Cl)=N1)NCCCO2. The zero-order valence-electron chi connectivity index (χ0n) is 8.25. The van der Waals surface area contributed by atoms with Gasteiger partial charge in [-0.3, -0.25) is 0 Å². The van der Waals surface area contributed by atoms with Gasteiger partial charge in [-0.05, 0) is 40.1 Å². The summed E-state index contributed by atoms with van der Waals surface area (Å²) in [4.78, 5) is 0. The summed E-state index contributed by atoms with van der Waals surface area (Å²) >= 11 is 18.2. The fourth-order valence-electron chi connectivity index (χ4n) is 1.20. The number of halogens is 3. The molecule has 2 atom stereocenters. The molecule has 2 aliphatic rings. The molecule has 0 aliphatic carbocycles. The molecule has 0 saturated carbocycles. The molecule has 94 valence electrons. The Balaban J connectivity index is 2.56. The molecule has 1 saturated heterocycles. The second-order valence-electron chi connectivity index (χ2n) is 3.02. The van der Waals surface area contributed by atoms with E-state index in [1.54, 1.807) is 0 Å². The summed E-state index contributed by atoms with van der Waals surface area (Å²) in [6.45, 7) is -1.52. The minimum Gasteiger partial charge on any atom is -0.319 e. The molecule has 16 heavy (non-hydrogen) atoms. The van der Waals surface area contributed by atoms with E-state index in [-0.39, 0.29) is 0 Å². The van der Waals surface area contributed by atoms with E-state index in [4.69, 9.17) is 42.8 Å². The van der Waals surface area contributed by atoms with Crippen molar-refractivity contribution in [3.05, 3.63) is 0 Å². The lowest BCUT2D eigenvalue weighted by Crippen LogP contribution is -2.20. The van der Waals surface area contributed by atoms with Gasteiger partial charge in [0.25, 0.3) is 20.3 Å². The van der Waals surface area contributed by atoms with Crippen LogP contribution in [0.15, 0.2) is 13.5 Å². The monoisotopic (exact) mass is 344 g/mol. The van der Waals surface area contributed by atoms with E-state index >= 15 is 0 Å². The second-order valence-corrected chi connectivity index (χ2v) is 13.7. The molecule has 0 aromatic heterocycles. The average Bonchev–Trinajstić information content (AvgIpc) is 2.15. The maximum Gasteiger partial charge on any atom is 0.300 e. The molecule has 1 N–H and O–H groups in total. The van der Waals surface area contributed by atoms with E-state index in [0.29, 0.717) is 6.61 Å². The highest BCUT2D eigenvalue weighted by Gasteiger charge is 2.36. The summed E-state index contributed by atoms with van der Waals surface area (Å²) < 4.78 is 23.1. The summed E-state index contributed by atoms with van der Waals surface area (Å²) in [7, 11) is -1.14. The molecular formula is C4H10Cl3N4O2P3. The first-order valence-electron chi connectivity index (χ1n) is 4.35. The Kier molecular flexibility index (Phi) is 4.20. The highest BCUT2D eigenvalue weighted by molar-refractivity contribution is 8.15. The summed E-state index contributed by atoms with van der Waals surface area (Å²) in [6.07, 6.45) is 0.890. The van der Waals surface area contributed by atoms with Gasteiger partial charge in [0, 0.05) is 13.7 Å². The maximum absolute atomic E-state index is 6.13. The Hall–Kier alpha value is 1.44. The molecule has 2 rings (SSSR count). The molecule has 1 spiro atoms. The van der Waals surface area contributed by atoms with Crippen LogP contribution in [0, 0.1) is 0 Å². The molecule has 0 aromatic rings. The van der Waals surface area contributed by atoms with Crippen molar-refractivity contribution in [3.63, 3.8) is 0 Å². The van der Waals surface area contributed by atoms with E-state index in [1.165, 1.54) is 7.11 Å². The average molecular weight is 345 g/mol. The van der Waals surface area contributed by atoms with Crippen LogP contribution in [0.1, 0.15) is 6.42 Å². The maximum atomic E-state index is 6.13. The number of rotatable bonds is 1. The van der Waals surface area contributed by atoms with Crippen LogP contribution in [0.4, 0.5) is 0 Å². The second kappa shape index (κ2) is 4.85. The van der Waals surface area contributed by atoms with E-state index in [9.17, 15) is 0 Å². The van der Waals surface area contributed by atoms with Crippen LogP contribution in [0.5, 0.6) is 0 Å². The van der Waals surface area contributed by atoms with Gasteiger partial charge in [-0.2, -0.15) is 13.5 Å². The van der Waals surface area contributed by atoms with Crippen LogP contribution in [-0.2, 0) is 9.05 Å².